The summed E-state index contributed by atoms with van der Waals surface area (Å²) in [5, 5.41) is 12.7. The Bertz CT molecular complexity index is 510. The number of nitrogens with one attached hydrogen (secondary N) is 1. The molecule has 1 unspecified atom stereocenters. The van der Waals surface area contributed by atoms with E-state index in [1.165, 1.54) is 11.1 Å². The molecule has 0 heterocycles. The molecule has 2 N–H and O–H groups in total. The van der Waals surface area contributed by atoms with Gasteiger partial charge >= 0.3 is 0 Å². The Morgan fingerprint density at radius 3 is 2.40 bits per heavy atom. The first kappa shape index (κ1) is 14.8. The van der Waals surface area contributed by atoms with Crippen LogP contribution in [0.1, 0.15) is 30.0 Å². The zero-order chi connectivity index (χ0) is 14.2. The fraction of sp³-hybridized carbons (Fsp3) is 0.333. The second kappa shape index (κ2) is 7.83. The van der Waals surface area contributed by atoms with Crippen molar-refractivity contribution in [1.29, 1.82) is 0 Å². The van der Waals surface area contributed by atoms with Gasteiger partial charge < -0.3 is 10.4 Å². The van der Waals surface area contributed by atoms with Gasteiger partial charge in [-0.15, -0.1) is 0 Å². The summed E-state index contributed by atoms with van der Waals surface area (Å²) in [5.41, 5.74) is 3.59. The fourth-order valence-electron chi connectivity index (χ4n) is 2.26. The number of aliphatic hydroxyl groups excluding tert-OH is 1. The molecule has 0 aliphatic heterocycles. The van der Waals surface area contributed by atoms with Gasteiger partial charge in [0.15, 0.2) is 0 Å². The molecule has 0 amide bonds. The summed E-state index contributed by atoms with van der Waals surface area (Å²) < 4.78 is 0. The van der Waals surface area contributed by atoms with Gasteiger partial charge in [-0.2, -0.15) is 0 Å². The van der Waals surface area contributed by atoms with E-state index in [9.17, 15) is 0 Å². The number of aliphatic hydroxyl groups is 1. The zero-order valence-electron chi connectivity index (χ0n) is 12.0. The van der Waals surface area contributed by atoms with Gasteiger partial charge in [0.05, 0.1) is 6.61 Å². The van der Waals surface area contributed by atoms with Gasteiger partial charge in [-0.05, 0) is 36.5 Å². The lowest BCUT2D eigenvalue weighted by Crippen LogP contribution is -2.26. The van der Waals surface area contributed by atoms with Crippen LogP contribution in [0.5, 0.6) is 0 Å². The lowest BCUT2D eigenvalue weighted by atomic mass is 10.1. The van der Waals surface area contributed by atoms with Crippen LogP contribution in [0.2, 0.25) is 0 Å². The van der Waals surface area contributed by atoms with Crippen molar-refractivity contribution in [2.24, 2.45) is 0 Å². The van der Waals surface area contributed by atoms with Crippen LogP contribution >= 0.6 is 0 Å². The van der Waals surface area contributed by atoms with Crippen molar-refractivity contribution in [3.63, 3.8) is 0 Å². The number of aryl methyl sites for hydroxylation is 1. The molecule has 2 aromatic carbocycles. The third kappa shape index (κ3) is 4.80. The summed E-state index contributed by atoms with van der Waals surface area (Å²) in [6.45, 7) is 3.18. The van der Waals surface area contributed by atoms with Gasteiger partial charge in [-0.3, -0.25) is 0 Å². The lowest BCUT2D eigenvalue weighted by molar-refractivity contribution is 0.281. The highest BCUT2D eigenvalue weighted by Crippen LogP contribution is 2.07. The van der Waals surface area contributed by atoms with E-state index in [-0.39, 0.29) is 6.61 Å². The van der Waals surface area contributed by atoms with Gasteiger partial charge in [0, 0.05) is 12.6 Å². The van der Waals surface area contributed by atoms with E-state index in [2.05, 4.69) is 54.7 Å². The van der Waals surface area contributed by atoms with Crippen LogP contribution in [0, 0.1) is 0 Å². The number of rotatable bonds is 7. The van der Waals surface area contributed by atoms with Crippen LogP contribution in [0.25, 0.3) is 0 Å². The van der Waals surface area contributed by atoms with E-state index in [0.717, 1.165) is 24.9 Å². The fourth-order valence-corrected chi connectivity index (χ4v) is 2.26. The van der Waals surface area contributed by atoms with Gasteiger partial charge in [0.25, 0.3) is 0 Å². The summed E-state index contributed by atoms with van der Waals surface area (Å²) in [7, 11) is 0. The molecule has 20 heavy (non-hydrogen) atoms. The first-order chi connectivity index (χ1) is 9.78. The van der Waals surface area contributed by atoms with E-state index in [4.69, 9.17) is 5.11 Å². The third-order valence-electron chi connectivity index (χ3n) is 3.54. The van der Waals surface area contributed by atoms with Crippen LogP contribution in [-0.2, 0) is 19.6 Å². The average Bonchev–Trinajstić information content (AvgIpc) is 2.52. The second-order valence-corrected chi connectivity index (χ2v) is 5.28. The molecule has 0 aliphatic rings. The van der Waals surface area contributed by atoms with Crippen LogP contribution < -0.4 is 5.32 Å². The predicted molar refractivity (Wildman–Crippen MR) is 83.4 cm³/mol. The smallest absolute Gasteiger partial charge is 0.0681 e. The molecule has 0 spiro atoms. The molecule has 2 aromatic rings. The zero-order valence-corrected chi connectivity index (χ0v) is 12.0. The van der Waals surface area contributed by atoms with E-state index in [1.807, 2.05) is 12.1 Å². The highest BCUT2D eigenvalue weighted by molar-refractivity contribution is 5.22. The first-order valence-corrected chi connectivity index (χ1v) is 7.24. The maximum atomic E-state index is 9.13. The Morgan fingerprint density at radius 2 is 1.65 bits per heavy atom. The summed E-state index contributed by atoms with van der Waals surface area (Å²) in [4.78, 5) is 0. The molecule has 106 valence electrons. The molecule has 0 radical (unpaired) electrons. The molecule has 0 fully saturated rings. The second-order valence-electron chi connectivity index (χ2n) is 5.28. The molecule has 2 nitrogen and oxygen atoms in total. The van der Waals surface area contributed by atoms with Crippen molar-refractivity contribution in [2.45, 2.75) is 39.0 Å². The van der Waals surface area contributed by atoms with Gasteiger partial charge in [0.1, 0.15) is 0 Å². The van der Waals surface area contributed by atoms with Gasteiger partial charge in [-0.25, -0.2) is 0 Å². The van der Waals surface area contributed by atoms with Crippen molar-refractivity contribution in [2.75, 3.05) is 0 Å². The van der Waals surface area contributed by atoms with E-state index >= 15 is 0 Å². The Balaban J connectivity index is 1.75. The van der Waals surface area contributed by atoms with E-state index in [1.54, 1.807) is 0 Å². The Kier molecular flexibility index (Phi) is 5.78. The Morgan fingerprint density at radius 1 is 0.950 bits per heavy atom. The maximum Gasteiger partial charge on any atom is 0.0681 e. The lowest BCUT2D eigenvalue weighted by Gasteiger charge is -2.14. The normalized spacial score (nSPS) is 12.3. The maximum absolute atomic E-state index is 9.13. The molecule has 1 atom stereocenters. The largest absolute Gasteiger partial charge is 0.392 e. The molecule has 0 saturated heterocycles. The van der Waals surface area contributed by atoms with Crippen molar-refractivity contribution in [3.05, 3.63) is 71.3 Å². The van der Waals surface area contributed by atoms with E-state index in [0.29, 0.717) is 6.04 Å². The number of hydrogen-bond donors (Lipinski definition) is 2. The standard InChI is InChI=1S/C18H23NO/c1-15(10-11-16-6-3-2-4-7-16)19-13-17-8-5-9-18(12-17)14-20/h2-9,12,15,19-20H,10-11,13-14H2,1H3. The topological polar surface area (TPSA) is 32.3 Å². The van der Waals surface area contributed by atoms with E-state index < -0.39 is 0 Å². The third-order valence-corrected chi connectivity index (χ3v) is 3.54. The minimum Gasteiger partial charge on any atom is -0.392 e. The molecule has 2 heteroatoms. The van der Waals surface area contributed by atoms with Gasteiger partial charge in [-0.1, -0.05) is 54.6 Å². The minimum absolute atomic E-state index is 0.109. The minimum atomic E-state index is 0.109. The van der Waals surface area contributed by atoms with Crippen molar-refractivity contribution in [3.8, 4) is 0 Å². The summed E-state index contributed by atoms with van der Waals surface area (Å²) >= 11 is 0. The van der Waals surface area contributed by atoms with Crippen LogP contribution in [-0.4, -0.2) is 11.1 Å². The van der Waals surface area contributed by atoms with Crippen LogP contribution in [0.4, 0.5) is 0 Å². The highest BCUT2D eigenvalue weighted by Gasteiger charge is 2.03. The average molecular weight is 269 g/mol. The number of hydrogen-bond acceptors (Lipinski definition) is 2. The monoisotopic (exact) mass is 269 g/mol. The summed E-state index contributed by atoms with van der Waals surface area (Å²) in [5.74, 6) is 0. The quantitative estimate of drug-likeness (QED) is 0.808. The van der Waals surface area contributed by atoms with Crippen molar-refractivity contribution < 1.29 is 5.11 Å². The molecular weight excluding hydrogens is 246 g/mol. The Hall–Kier alpha value is -1.64. The highest BCUT2D eigenvalue weighted by atomic mass is 16.3. The summed E-state index contributed by atoms with van der Waals surface area (Å²) in [6, 6.07) is 19.2. The first-order valence-electron chi connectivity index (χ1n) is 7.24. The SMILES string of the molecule is CC(CCc1ccccc1)NCc1cccc(CO)c1. The van der Waals surface area contributed by atoms with Crippen LogP contribution in [0.15, 0.2) is 54.6 Å². The Labute approximate surface area is 121 Å². The van der Waals surface area contributed by atoms with Gasteiger partial charge in [0.2, 0.25) is 0 Å². The molecule has 0 saturated carbocycles. The molecular formula is C18H23NO. The van der Waals surface area contributed by atoms with Crippen LogP contribution in [0.3, 0.4) is 0 Å². The molecule has 0 aromatic heterocycles. The molecule has 2 rings (SSSR count). The van der Waals surface area contributed by atoms with Crippen molar-refractivity contribution >= 4 is 0 Å². The summed E-state index contributed by atoms with van der Waals surface area (Å²) in [6.07, 6.45) is 2.23. The molecule has 0 bridgehead atoms. The molecule has 0 aliphatic carbocycles. The van der Waals surface area contributed by atoms with Crippen molar-refractivity contribution in [1.82, 2.24) is 5.32 Å². The predicted octanol–water partition coefficient (Wildman–Crippen LogP) is 3.29. The number of benzene rings is 2.